The number of hydrogen-bond acceptors (Lipinski definition) is 4. The number of aliphatic hydroxyl groups is 1. The van der Waals surface area contributed by atoms with Crippen LogP contribution in [0.3, 0.4) is 0 Å². The van der Waals surface area contributed by atoms with Crippen molar-refractivity contribution in [3.05, 3.63) is 0 Å². The molecule has 1 unspecified atom stereocenters. The molecule has 0 aromatic rings. The lowest BCUT2D eigenvalue weighted by Gasteiger charge is -2.29. The topological polar surface area (TPSA) is 65.0 Å². The van der Waals surface area contributed by atoms with Gasteiger partial charge >= 0.3 is 6.03 Å². The zero-order valence-corrected chi connectivity index (χ0v) is 17.8. The number of urea groups is 1. The molecule has 0 aliphatic carbocycles. The maximum absolute atomic E-state index is 12.4. The SMILES string of the molecule is CCCCCCNC(=O)N(CCCCCC)OCC(O)CN1CCCCC1. The fourth-order valence-electron chi connectivity index (χ4n) is 3.41. The molecule has 160 valence electrons. The van der Waals surface area contributed by atoms with Crippen LogP contribution in [0.2, 0.25) is 0 Å². The van der Waals surface area contributed by atoms with Gasteiger partial charge in [-0.05, 0) is 38.8 Å². The van der Waals surface area contributed by atoms with Gasteiger partial charge in [-0.25, -0.2) is 9.86 Å². The number of rotatable bonds is 15. The third-order valence-electron chi connectivity index (χ3n) is 5.09. The molecule has 27 heavy (non-hydrogen) atoms. The summed E-state index contributed by atoms with van der Waals surface area (Å²) in [5, 5.41) is 14.7. The van der Waals surface area contributed by atoms with Gasteiger partial charge in [0.25, 0.3) is 0 Å². The van der Waals surface area contributed by atoms with Crippen LogP contribution >= 0.6 is 0 Å². The second kappa shape index (κ2) is 16.1. The van der Waals surface area contributed by atoms with Gasteiger partial charge in [0.05, 0.1) is 12.6 Å². The minimum absolute atomic E-state index is 0.173. The van der Waals surface area contributed by atoms with Crippen LogP contribution in [0.5, 0.6) is 0 Å². The van der Waals surface area contributed by atoms with E-state index in [1.807, 2.05) is 0 Å². The quantitative estimate of drug-likeness (QED) is 0.331. The highest BCUT2D eigenvalue weighted by atomic mass is 16.7. The fourth-order valence-corrected chi connectivity index (χ4v) is 3.41. The Labute approximate surface area is 166 Å². The zero-order valence-electron chi connectivity index (χ0n) is 17.8. The van der Waals surface area contributed by atoms with Crippen LogP contribution in [0.1, 0.15) is 84.5 Å². The molecule has 2 N–H and O–H groups in total. The molecule has 1 atom stereocenters. The summed E-state index contributed by atoms with van der Waals surface area (Å²) in [7, 11) is 0. The van der Waals surface area contributed by atoms with Gasteiger partial charge in [0, 0.05) is 13.1 Å². The molecule has 1 heterocycles. The van der Waals surface area contributed by atoms with Crippen molar-refractivity contribution in [2.45, 2.75) is 90.6 Å². The molecule has 1 saturated heterocycles. The first kappa shape index (κ1) is 24.2. The second-order valence-electron chi connectivity index (χ2n) is 7.77. The number of piperidine rings is 1. The van der Waals surface area contributed by atoms with E-state index in [0.717, 1.165) is 38.8 Å². The zero-order chi connectivity index (χ0) is 19.7. The monoisotopic (exact) mass is 385 g/mol. The van der Waals surface area contributed by atoms with E-state index in [2.05, 4.69) is 24.1 Å². The highest BCUT2D eigenvalue weighted by molar-refractivity contribution is 5.72. The van der Waals surface area contributed by atoms with Crippen LogP contribution in [0, 0.1) is 0 Å². The summed E-state index contributed by atoms with van der Waals surface area (Å²) in [4.78, 5) is 20.4. The molecule has 0 aromatic heterocycles. The molecule has 0 aromatic carbocycles. The number of nitrogens with one attached hydrogen (secondary N) is 1. The van der Waals surface area contributed by atoms with E-state index in [0.29, 0.717) is 19.6 Å². The van der Waals surface area contributed by atoms with E-state index >= 15 is 0 Å². The number of aliphatic hydroxyl groups excluding tert-OH is 1. The molecular formula is C21H43N3O3. The Hall–Kier alpha value is -0.850. The largest absolute Gasteiger partial charge is 0.389 e. The lowest BCUT2D eigenvalue weighted by atomic mass is 10.1. The van der Waals surface area contributed by atoms with Crippen molar-refractivity contribution in [2.24, 2.45) is 0 Å². The van der Waals surface area contributed by atoms with Crippen molar-refractivity contribution in [3.63, 3.8) is 0 Å². The number of unbranched alkanes of at least 4 members (excludes halogenated alkanes) is 6. The lowest BCUT2D eigenvalue weighted by molar-refractivity contribution is -0.144. The predicted molar refractivity (Wildman–Crippen MR) is 111 cm³/mol. The maximum atomic E-state index is 12.4. The molecule has 6 nitrogen and oxygen atoms in total. The van der Waals surface area contributed by atoms with Gasteiger partial charge in [0.15, 0.2) is 0 Å². The summed E-state index contributed by atoms with van der Waals surface area (Å²) in [5.74, 6) is 0. The minimum atomic E-state index is -0.557. The number of nitrogens with zero attached hydrogens (tertiary/aromatic N) is 2. The molecule has 1 aliphatic heterocycles. The lowest BCUT2D eigenvalue weighted by Crippen LogP contribution is -2.44. The van der Waals surface area contributed by atoms with Crippen LogP contribution in [-0.2, 0) is 4.84 Å². The van der Waals surface area contributed by atoms with Gasteiger partial charge in [-0.1, -0.05) is 58.8 Å². The molecule has 2 amide bonds. The van der Waals surface area contributed by atoms with E-state index in [1.54, 1.807) is 0 Å². The average molecular weight is 386 g/mol. The first-order valence-electron chi connectivity index (χ1n) is 11.3. The van der Waals surface area contributed by atoms with Crippen LogP contribution in [0.4, 0.5) is 4.79 Å². The number of carbonyl (C=O) groups excluding carboxylic acids is 1. The number of β-amino-alcohol motifs (C(OH)–C–C–N with tert-alkyl or cyclic N) is 1. The predicted octanol–water partition coefficient (Wildman–Crippen LogP) is 3.94. The Balaban J connectivity index is 2.33. The van der Waals surface area contributed by atoms with Crippen molar-refractivity contribution in [3.8, 4) is 0 Å². The highest BCUT2D eigenvalue weighted by Gasteiger charge is 2.18. The van der Waals surface area contributed by atoms with Crippen molar-refractivity contribution >= 4 is 6.03 Å². The van der Waals surface area contributed by atoms with Crippen molar-refractivity contribution in [1.82, 2.24) is 15.3 Å². The van der Waals surface area contributed by atoms with Gasteiger partial charge in [-0.3, -0.25) is 4.84 Å². The van der Waals surface area contributed by atoms with Gasteiger partial charge in [-0.2, -0.15) is 0 Å². The van der Waals surface area contributed by atoms with Crippen molar-refractivity contribution in [1.29, 1.82) is 0 Å². The maximum Gasteiger partial charge on any atom is 0.341 e. The van der Waals surface area contributed by atoms with E-state index in [4.69, 9.17) is 4.84 Å². The van der Waals surface area contributed by atoms with Crippen molar-refractivity contribution in [2.75, 3.05) is 39.3 Å². The van der Waals surface area contributed by atoms with E-state index < -0.39 is 6.10 Å². The number of carbonyl (C=O) groups is 1. The molecule has 0 spiro atoms. The van der Waals surface area contributed by atoms with E-state index in [9.17, 15) is 9.90 Å². The summed E-state index contributed by atoms with van der Waals surface area (Å²) in [5.41, 5.74) is 0. The summed E-state index contributed by atoms with van der Waals surface area (Å²) < 4.78 is 0. The Bertz CT molecular complexity index is 363. The summed E-state index contributed by atoms with van der Waals surface area (Å²) in [6, 6.07) is -0.173. The fraction of sp³-hybridized carbons (Fsp3) is 0.952. The Morgan fingerprint density at radius 2 is 1.70 bits per heavy atom. The van der Waals surface area contributed by atoms with Crippen LogP contribution in [0.15, 0.2) is 0 Å². The number of hydroxylamine groups is 2. The van der Waals surface area contributed by atoms with Gasteiger partial charge in [-0.15, -0.1) is 0 Å². The standard InChI is InChI=1S/C21H43N3O3/c1-3-5-7-10-14-22-21(26)24(17-13-8-6-4-2)27-19-20(25)18-23-15-11-9-12-16-23/h20,25H,3-19H2,1-2H3,(H,22,26). The van der Waals surface area contributed by atoms with Gasteiger partial charge in [0.1, 0.15) is 6.61 Å². The molecule has 1 rings (SSSR count). The van der Waals surface area contributed by atoms with E-state index in [-0.39, 0.29) is 12.6 Å². The van der Waals surface area contributed by atoms with Crippen molar-refractivity contribution < 1.29 is 14.7 Å². The summed E-state index contributed by atoms with van der Waals surface area (Å²) in [6.45, 7) is 8.52. The third-order valence-corrected chi connectivity index (χ3v) is 5.09. The molecule has 0 bridgehead atoms. The van der Waals surface area contributed by atoms with Gasteiger partial charge < -0.3 is 15.3 Å². The Kier molecular flexibility index (Phi) is 14.5. The minimum Gasteiger partial charge on any atom is -0.389 e. The van der Waals surface area contributed by atoms with Crippen LogP contribution in [0.25, 0.3) is 0 Å². The number of hydrogen-bond donors (Lipinski definition) is 2. The number of amides is 2. The first-order chi connectivity index (χ1) is 13.2. The normalized spacial score (nSPS) is 16.3. The van der Waals surface area contributed by atoms with E-state index in [1.165, 1.54) is 50.0 Å². The molecule has 0 saturated carbocycles. The summed E-state index contributed by atoms with van der Waals surface area (Å²) >= 11 is 0. The Morgan fingerprint density at radius 3 is 2.37 bits per heavy atom. The summed E-state index contributed by atoms with van der Waals surface area (Å²) in [6.07, 6.45) is 12.0. The highest BCUT2D eigenvalue weighted by Crippen LogP contribution is 2.10. The van der Waals surface area contributed by atoms with Crippen LogP contribution in [-0.4, -0.2) is 66.5 Å². The molecule has 1 fully saturated rings. The third kappa shape index (κ3) is 12.3. The van der Waals surface area contributed by atoms with Crippen LogP contribution < -0.4 is 5.32 Å². The molecule has 1 aliphatic rings. The second-order valence-corrected chi connectivity index (χ2v) is 7.77. The Morgan fingerprint density at radius 1 is 1.04 bits per heavy atom. The van der Waals surface area contributed by atoms with Gasteiger partial charge in [0.2, 0.25) is 0 Å². The smallest absolute Gasteiger partial charge is 0.341 e. The molecule has 6 heteroatoms. The number of likely N-dealkylation sites (tertiary alicyclic amines) is 1. The average Bonchev–Trinajstić information content (AvgIpc) is 2.68. The molecule has 0 radical (unpaired) electrons. The first-order valence-corrected chi connectivity index (χ1v) is 11.3. The molecular weight excluding hydrogens is 342 g/mol.